The Hall–Kier alpha value is -6.89. The minimum Gasteiger partial charge on any atom is -0.496 e. The van der Waals surface area contributed by atoms with Crippen molar-refractivity contribution in [1.82, 2.24) is 10.4 Å². The third kappa shape index (κ3) is 10.2. The number of H-pyrrole nitrogens is 1. The van der Waals surface area contributed by atoms with Crippen LogP contribution < -0.4 is 25.0 Å². The Labute approximate surface area is 342 Å². The standard InChI is InChI=1S/C21H18N4O3.C13H16O3.C12H14O3/c1-28-18-5-3-2-4-13(18)14-8-15(14)20(26)24-12-6-16-19-11(9-22-17(19)7-12)10-23-25-21(16)27;1-3-16-13(14)11-8-10(11)9-6-4-5-7-12(9)15-2;1-3-15-12(13)9-8-10-6-4-5-7-11(10)14-2/h2-7,9-10,14-15,22H,8H2,1H3,(H,24,26)(H,25,27);4-7,10-11H,3,8H2,1-2H3;4-9H,3H2,1-2H3. The van der Waals surface area contributed by atoms with Crippen LogP contribution in [-0.2, 0) is 23.9 Å². The van der Waals surface area contributed by atoms with Gasteiger partial charge in [-0.15, -0.1) is 0 Å². The Morgan fingerprint density at radius 3 is 2.02 bits per heavy atom. The number of methoxy groups -OCH3 is 3. The van der Waals surface area contributed by atoms with E-state index in [1.807, 2.05) is 85.8 Å². The van der Waals surface area contributed by atoms with E-state index < -0.39 is 0 Å². The topological polar surface area (TPSA) is 167 Å². The SMILES string of the molecule is CCOC(=O)C1CC1c1ccccc1OC.CCOC(=O)C=Cc1ccccc1OC.COc1ccccc1C1CC1C(=O)Nc1cc2c3c(c[nH]c3c1)C=NNC2=O. The second-order valence-electron chi connectivity index (χ2n) is 13.8. The van der Waals surface area contributed by atoms with Crippen LogP contribution in [-0.4, -0.2) is 69.5 Å². The van der Waals surface area contributed by atoms with Gasteiger partial charge >= 0.3 is 11.9 Å². The molecule has 2 fully saturated rings. The third-order valence-electron chi connectivity index (χ3n) is 10.1. The van der Waals surface area contributed by atoms with Crippen molar-refractivity contribution in [3.8, 4) is 17.2 Å². The van der Waals surface area contributed by atoms with Gasteiger partial charge in [0, 0.05) is 51.8 Å². The fourth-order valence-electron chi connectivity index (χ4n) is 7.08. The molecule has 2 saturated carbocycles. The lowest BCUT2D eigenvalue weighted by Crippen LogP contribution is -2.18. The number of nitrogens with one attached hydrogen (secondary N) is 3. The minimum atomic E-state index is -0.344. The highest BCUT2D eigenvalue weighted by Gasteiger charge is 2.46. The molecule has 5 aromatic rings. The first kappa shape index (κ1) is 41.7. The number of para-hydroxylation sites is 3. The predicted molar refractivity (Wildman–Crippen MR) is 225 cm³/mol. The molecule has 13 heteroatoms. The predicted octanol–water partition coefficient (Wildman–Crippen LogP) is 7.63. The molecule has 59 heavy (non-hydrogen) atoms. The molecule has 3 N–H and O–H groups in total. The minimum absolute atomic E-state index is 0.0243. The van der Waals surface area contributed by atoms with Crippen LogP contribution >= 0.6 is 0 Å². The molecule has 4 aromatic carbocycles. The molecule has 2 amide bonds. The largest absolute Gasteiger partial charge is 0.496 e. The average Bonchev–Trinajstić information content (AvgIpc) is 4.19. The molecule has 0 radical (unpaired) electrons. The lowest BCUT2D eigenvalue weighted by molar-refractivity contribution is -0.144. The van der Waals surface area contributed by atoms with Gasteiger partial charge in [0.15, 0.2) is 0 Å². The van der Waals surface area contributed by atoms with Crippen LogP contribution in [0.15, 0.2) is 102 Å². The van der Waals surface area contributed by atoms with Crippen LogP contribution in [0.3, 0.4) is 0 Å². The maximum Gasteiger partial charge on any atom is 0.330 e. The second-order valence-corrected chi connectivity index (χ2v) is 13.8. The summed E-state index contributed by atoms with van der Waals surface area (Å²) in [5, 5.41) is 7.67. The summed E-state index contributed by atoms with van der Waals surface area (Å²) in [5.74, 6) is 1.96. The number of nitrogens with zero attached hydrogens (tertiary/aromatic N) is 1. The number of anilines is 1. The van der Waals surface area contributed by atoms with Crippen molar-refractivity contribution < 1.29 is 42.9 Å². The van der Waals surface area contributed by atoms with Gasteiger partial charge in [-0.05, 0) is 80.1 Å². The monoisotopic (exact) mass is 800 g/mol. The van der Waals surface area contributed by atoms with Crippen molar-refractivity contribution in [2.45, 2.75) is 38.5 Å². The number of carbonyl (C=O) groups is 4. The van der Waals surface area contributed by atoms with Gasteiger partial charge in [-0.1, -0.05) is 54.6 Å². The summed E-state index contributed by atoms with van der Waals surface area (Å²) in [5.41, 5.74) is 8.19. The summed E-state index contributed by atoms with van der Waals surface area (Å²) < 4.78 is 25.6. The molecule has 0 saturated heterocycles. The Morgan fingerprint density at radius 2 is 1.37 bits per heavy atom. The molecule has 4 unspecified atom stereocenters. The van der Waals surface area contributed by atoms with Crippen LogP contribution in [0, 0.1) is 11.8 Å². The fraction of sp³-hybridized carbons (Fsp3) is 0.283. The van der Waals surface area contributed by atoms with E-state index in [1.165, 1.54) is 6.08 Å². The summed E-state index contributed by atoms with van der Waals surface area (Å²) in [4.78, 5) is 50.8. The van der Waals surface area contributed by atoms with Gasteiger partial charge in [0.05, 0.1) is 52.2 Å². The van der Waals surface area contributed by atoms with E-state index in [2.05, 4.69) is 20.8 Å². The fourth-order valence-corrected chi connectivity index (χ4v) is 7.08. The van der Waals surface area contributed by atoms with Gasteiger partial charge < -0.3 is 34.0 Å². The van der Waals surface area contributed by atoms with Crippen LogP contribution in [0.1, 0.15) is 71.1 Å². The van der Waals surface area contributed by atoms with Crippen molar-refractivity contribution in [1.29, 1.82) is 0 Å². The third-order valence-corrected chi connectivity index (χ3v) is 10.1. The first-order chi connectivity index (χ1) is 28.7. The molecule has 0 spiro atoms. The van der Waals surface area contributed by atoms with Crippen LogP contribution in [0.2, 0.25) is 0 Å². The lowest BCUT2D eigenvalue weighted by atomic mass is 10.0. The molecular formula is C46H48N4O9. The number of benzene rings is 4. The van der Waals surface area contributed by atoms with Crippen molar-refractivity contribution in [3.05, 3.63) is 125 Å². The Bertz CT molecular complexity index is 2370. The molecule has 2 heterocycles. The number of ether oxygens (including phenoxy) is 5. The van der Waals surface area contributed by atoms with Crippen LogP contribution in [0.4, 0.5) is 5.69 Å². The van der Waals surface area contributed by atoms with E-state index >= 15 is 0 Å². The van der Waals surface area contributed by atoms with Gasteiger partial charge in [0.25, 0.3) is 5.91 Å². The molecule has 3 aliphatic rings. The highest BCUT2D eigenvalue weighted by Crippen LogP contribution is 2.51. The molecule has 306 valence electrons. The number of rotatable bonds is 12. The van der Waals surface area contributed by atoms with Gasteiger partial charge in [-0.2, -0.15) is 5.10 Å². The molecule has 8 rings (SSSR count). The summed E-state index contributed by atoms with van der Waals surface area (Å²) in [6.45, 7) is 4.44. The van der Waals surface area contributed by atoms with E-state index in [0.29, 0.717) is 24.5 Å². The van der Waals surface area contributed by atoms with Gasteiger partial charge in [-0.3, -0.25) is 14.4 Å². The maximum atomic E-state index is 12.8. The summed E-state index contributed by atoms with van der Waals surface area (Å²) in [7, 11) is 4.89. The van der Waals surface area contributed by atoms with Gasteiger partial charge in [-0.25, -0.2) is 10.2 Å². The number of hydrogen-bond acceptors (Lipinski definition) is 10. The van der Waals surface area contributed by atoms with E-state index in [9.17, 15) is 19.2 Å². The number of amides is 2. The van der Waals surface area contributed by atoms with Crippen molar-refractivity contribution in [3.63, 3.8) is 0 Å². The number of hydrogen-bond donors (Lipinski definition) is 3. The van der Waals surface area contributed by atoms with E-state index in [4.69, 9.17) is 23.7 Å². The lowest BCUT2D eigenvalue weighted by Gasteiger charge is -2.10. The Balaban J connectivity index is 0.000000162. The number of aromatic amines is 1. The second kappa shape index (κ2) is 19.5. The average molecular weight is 801 g/mol. The summed E-state index contributed by atoms with van der Waals surface area (Å²) in [6, 6.07) is 26.6. The van der Waals surface area contributed by atoms with Crippen LogP contribution in [0.25, 0.3) is 17.0 Å². The number of hydrazone groups is 1. The van der Waals surface area contributed by atoms with Crippen molar-refractivity contribution in [2.24, 2.45) is 16.9 Å². The number of esters is 2. The summed E-state index contributed by atoms with van der Waals surface area (Å²) in [6.07, 6.45) is 8.12. The quantitative estimate of drug-likeness (QED) is 0.0850. The number of carbonyl (C=O) groups excluding carboxylic acids is 4. The molecule has 1 aromatic heterocycles. The zero-order chi connectivity index (χ0) is 41.9. The molecule has 2 aliphatic carbocycles. The van der Waals surface area contributed by atoms with Crippen LogP contribution in [0.5, 0.6) is 17.2 Å². The highest BCUT2D eigenvalue weighted by molar-refractivity contribution is 6.15. The molecule has 0 bridgehead atoms. The van der Waals surface area contributed by atoms with E-state index in [-0.39, 0.29) is 47.4 Å². The van der Waals surface area contributed by atoms with Gasteiger partial charge in [0.2, 0.25) is 5.91 Å². The maximum absolute atomic E-state index is 12.8. The smallest absolute Gasteiger partial charge is 0.330 e. The zero-order valence-electron chi connectivity index (χ0n) is 33.7. The Morgan fingerprint density at radius 1 is 0.780 bits per heavy atom. The first-order valence-electron chi connectivity index (χ1n) is 19.4. The normalized spacial score (nSPS) is 18.2. The summed E-state index contributed by atoms with van der Waals surface area (Å²) >= 11 is 0. The highest BCUT2D eigenvalue weighted by atomic mass is 16.5. The first-order valence-corrected chi connectivity index (χ1v) is 19.4. The van der Waals surface area contributed by atoms with E-state index in [1.54, 1.807) is 52.8 Å². The molecule has 1 aliphatic heterocycles. The van der Waals surface area contributed by atoms with Crippen molar-refractivity contribution in [2.75, 3.05) is 39.9 Å². The van der Waals surface area contributed by atoms with E-state index in [0.717, 1.165) is 63.2 Å². The molecule has 13 nitrogen and oxygen atoms in total. The molecule has 4 atom stereocenters. The Kier molecular flexibility index (Phi) is 13.8. The van der Waals surface area contributed by atoms with Gasteiger partial charge in [0.1, 0.15) is 17.2 Å². The zero-order valence-corrected chi connectivity index (χ0v) is 33.7. The molecular weight excluding hydrogens is 753 g/mol. The van der Waals surface area contributed by atoms with Crippen molar-refractivity contribution >= 4 is 52.6 Å². The number of aromatic nitrogens is 1.